The van der Waals surface area contributed by atoms with E-state index in [2.05, 4.69) is 34.8 Å². The van der Waals surface area contributed by atoms with E-state index in [0.717, 1.165) is 0 Å². The lowest BCUT2D eigenvalue weighted by molar-refractivity contribution is 0.0237. The van der Waals surface area contributed by atoms with Crippen LogP contribution in [0.4, 0.5) is 0 Å². The maximum atomic E-state index is 8.26. The Hall–Kier alpha value is -1.87. The highest BCUT2D eigenvalue weighted by Gasteiger charge is 2.36. The highest BCUT2D eigenvalue weighted by Crippen LogP contribution is 2.14. The molecule has 74 valence electrons. The van der Waals surface area contributed by atoms with E-state index in [-0.39, 0.29) is 6.04 Å². The van der Waals surface area contributed by atoms with E-state index in [9.17, 15) is 0 Å². The Balaban J connectivity index is 0.000000292. The Kier molecular flexibility index (Phi) is 6.73. The summed E-state index contributed by atoms with van der Waals surface area (Å²) < 4.78 is 0. The van der Waals surface area contributed by atoms with Gasteiger partial charge in [0.05, 0.1) is 12.6 Å². The number of hydrogen-bond donors (Lipinski definition) is 1. The van der Waals surface area contributed by atoms with Gasteiger partial charge in [0, 0.05) is 13.8 Å². The van der Waals surface area contributed by atoms with Gasteiger partial charge in [0.15, 0.2) is 0 Å². The molecular formula is C9H11N3O2. The molecule has 0 aliphatic carbocycles. The molecule has 1 aliphatic rings. The van der Waals surface area contributed by atoms with Gasteiger partial charge in [-0.05, 0) is 0 Å². The van der Waals surface area contributed by atoms with Crippen molar-refractivity contribution in [2.45, 2.75) is 19.9 Å². The zero-order valence-electron chi connectivity index (χ0n) is 8.07. The van der Waals surface area contributed by atoms with Crippen LogP contribution in [0.2, 0.25) is 0 Å². The van der Waals surface area contributed by atoms with Crippen LogP contribution in [0.25, 0.3) is 0 Å². The standard InChI is InChI=1S/C6H6N2O.C3H5NO/c1-2-3-9-8-5-6(8)4-7;1-2-3-5-4/h6H,5H2,1H3;4H2,1H3. The van der Waals surface area contributed by atoms with Crippen molar-refractivity contribution >= 4 is 0 Å². The SMILES string of the molecule is CC#CON.CC#CON1CC1C#N. The normalized spacial score (nSPS) is 20.4. The summed E-state index contributed by atoms with van der Waals surface area (Å²) in [6.45, 7) is 4.02. The van der Waals surface area contributed by atoms with E-state index < -0.39 is 0 Å². The first-order chi connectivity index (χ1) is 6.79. The van der Waals surface area contributed by atoms with Crippen LogP contribution in [0.5, 0.6) is 0 Å². The van der Waals surface area contributed by atoms with Crippen LogP contribution in [-0.4, -0.2) is 17.6 Å². The number of hydroxylamine groups is 2. The van der Waals surface area contributed by atoms with Gasteiger partial charge in [0.2, 0.25) is 0 Å². The Morgan fingerprint density at radius 2 is 2.00 bits per heavy atom. The molecule has 0 amide bonds. The Morgan fingerprint density at radius 3 is 2.29 bits per heavy atom. The van der Waals surface area contributed by atoms with Crippen molar-refractivity contribution in [3.8, 4) is 30.1 Å². The second kappa shape index (κ2) is 7.76. The molecule has 2 N–H and O–H groups in total. The third kappa shape index (κ3) is 5.74. The first kappa shape index (κ1) is 12.1. The maximum absolute atomic E-state index is 8.26. The molecule has 5 heteroatoms. The maximum Gasteiger partial charge on any atom is 0.149 e. The average molecular weight is 193 g/mol. The quantitative estimate of drug-likeness (QED) is 0.359. The van der Waals surface area contributed by atoms with Crippen molar-refractivity contribution in [2.75, 3.05) is 6.54 Å². The number of hydrogen-bond acceptors (Lipinski definition) is 5. The van der Waals surface area contributed by atoms with Crippen LogP contribution in [0.15, 0.2) is 0 Å². The van der Waals surface area contributed by atoms with E-state index in [1.54, 1.807) is 13.8 Å². The smallest absolute Gasteiger partial charge is 0.149 e. The first-order valence-corrected chi connectivity index (χ1v) is 3.82. The van der Waals surface area contributed by atoms with Crippen molar-refractivity contribution in [2.24, 2.45) is 5.90 Å². The van der Waals surface area contributed by atoms with E-state index in [1.807, 2.05) is 6.07 Å². The molecule has 1 heterocycles. The van der Waals surface area contributed by atoms with Crippen LogP contribution < -0.4 is 5.90 Å². The number of nitrogens with two attached hydrogens (primary N) is 1. The zero-order valence-corrected chi connectivity index (χ0v) is 8.07. The predicted octanol–water partition coefficient (Wildman–Crippen LogP) is -0.0359. The van der Waals surface area contributed by atoms with Crippen LogP contribution >= 0.6 is 0 Å². The van der Waals surface area contributed by atoms with Gasteiger partial charge in [0.1, 0.15) is 18.3 Å². The molecule has 0 bridgehead atoms. The van der Waals surface area contributed by atoms with Gasteiger partial charge in [-0.1, -0.05) is 11.8 Å². The summed E-state index contributed by atoms with van der Waals surface area (Å²) in [5.41, 5.74) is 0. The Labute approximate surface area is 83.3 Å². The van der Waals surface area contributed by atoms with Crippen LogP contribution in [0.1, 0.15) is 13.8 Å². The molecule has 0 aromatic heterocycles. The van der Waals surface area contributed by atoms with E-state index in [1.165, 1.54) is 5.06 Å². The zero-order chi connectivity index (χ0) is 10.8. The summed E-state index contributed by atoms with van der Waals surface area (Å²) in [5, 5.41) is 9.78. The molecule has 0 saturated carbocycles. The Morgan fingerprint density at radius 1 is 1.36 bits per heavy atom. The van der Waals surface area contributed by atoms with Gasteiger partial charge in [-0.2, -0.15) is 11.2 Å². The number of rotatable bonds is 1. The second-order valence-corrected chi connectivity index (χ2v) is 2.16. The number of nitriles is 1. The fourth-order valence-corrected chi connectivity index (χ4v) is 0.493. The number of nitrogens with zero attached hydrogens (tertiary/aromatic N) is 2. The molecule has 1 fully saturated rings. The lowest BCUT2D eigenvalue weighted by Gasteiger charge is -1.89. The monoisotopic (exact) mass is 193 g/mol. The minimum Gasteiger partial charge on any atom is -0.359 e. The fraction of sp³-hybridized carbons (Fsp3) is 0.444. The van der Waals surface area contributed by atoms with Gasteiger partial charge in [-0.15, -0.1) is 5.06 Å². The van der Waals surface area contributed by atoms with Gasteiger partial charge in [0.25, 0.3) is 0 Å². The third-order valence-electron chi connectivity index (χ3n) is 1.14. The van der Waals surface area contributed by atoms with Gasteiger partial charge >= 0.3 is 0 Å². The van der Waals surface area contributed by atoms with Crippen molar-refractivity contribution in [1.29, 1.82) is 5.26 Å². The lowest BCUT2D eigenvalue weighted by atomic mass is 10.6. The highest BCUT2D eigenvalue weighted by atomic mass is 16.7. The molecule has 5 nitrogen and oxygen atoms in total. The summed E-state index contributed by atoms with van der Waals surface area (Å²) in [6, 6.07) is 1.97. The minimum atomic E-state index is -0.0640. The van der Waals surface area contributed by atoms with Crippen molar-refractivity contribution < 1.29 is 9.68 Å². The van der Waals surface area contributed by atoms with Gasteiger partial charge < -0.3 is 9.68 Å². The largest absolute Gasteiger partial charge is 0.359 e. The molecule has 1 rings (SSSR count). The molecule has 0 aromatic rings. The molecule has 0 aromatic carbocycles. The van der Waals surface area contributed by atoms with Crippen molar-refractivity contribution in [3.05, 3.63) is 0 Å². The average Bonchev–Trinajstić information content (AvgIpc) is 2.95. The minimum absolute atomic E-state index is 0.0640. The molecule has 2 unspecified atom stereocenters. The topological polar surface area (TPSA) is 71.3 Å². The third-order valence-corrected chi connectivity index (χ3v) is 1.14. The van der Waals surface area contributed by atoms with Gasteiger partial charge in [-0.3, -0.25) is 0 Å². The van der Waals surface area contributed by atoms with Crippen LogP contribution in [-0.2, 0) is 9.68 Å². The van der Waals surface area contributed by atoms with Crippen molar-refractivity contribution in [3.63, 3.8) is 0 Å². The van der Waals surface area contributed by atoms with Crippen molar-refractivity contribution in [1.82, 2.24) is 5.06 Å². The van der Waals surface area contributed by atoms with E-state index in [0.29, 0.717) is 6.54 Å². The lowest BCUT2D eigenvalue weighted by Crippen LogP contribution is -1.95. The van der Waals surface area contributed by atoms with Crippen LogP contribution in [0, 0.1) is 35.4 Å². The molecule has 0 radical (unpaired) electrons. The van der Waals surface area contributed by atoms with Crippen LogP contribution in [0.3, 0.4) is 0 Å². The molecule has 14 heavy (non-hydrogen) atoms. The van der Waals surface area contributed by atoms with Gasteiger partial charge in [-0.25, -0.2) is 0 Å². The summed E-state index contributed by atoms with van der Waals surface area (Å²) in [7, 11) is 0. The van der Waals surface area contributed by atoms with E-state index >= 15 is 0 Å². The summed E-state index contributed by atoms with van der Waals surface area (Å²) >= 11 is 0. The molecule has 2 atom stereocenters. The van der Waals surface area contributed by atoms with E-state index in [4.69, 9.17) is 10.1 Å². The molecular weight excluding hydrogens is 182 g/mol. The fourth-order valence-electron chi connectivity index (χ4n) is 0.493. The molecule has 0 spiro atoms. The highest BCUT2D eigenvalue weighted by molar-refractivity contribution is 5.03. The summed E-state index contributed by atoms with van der Waals surface area (Å²) in [4.78, 5) is 8.59. The summed E-state index contributed by atoms with van der Waals surface area (Å²) in [6.07, 6.45) is 4.54. The summed E-state index contributed by atoms with van der Waals surface area (Å²) in [5.74, 6) is 9.45. The molecule has 1 saturated heterocycles. The second-order valence-electron chi connectivity index (χ2n) is 2.16. The molecule has 1 aliphatic heterocycles. The first-order valence-electron chi connectivity index (χ1n) is 3.82. The predicted molar refractivity (Wildman–Crippen MR) is 49.4 cm³/mol. The Bertz CT molecular complexity index is 313.